The number of nitrogen functional groups attached to an aromatic ring is 1. The second-order valence-corrected chi connectivity index (χ2v) is 6.62. The Bertz CT molecular complexity index is 689. The van der Waals surface area contributed by atoms with Gasteiger partial charge in [0, 0.05) is 41.5 Å². The molecule has 26 heavy (non-hydrogen) atoms. The molecule has 3 rings (SSSR count). The molecule has 0 bridgehead atoms. The summed E-state index contributed by atoms with van der Waals surface area (Å²) in [4.78, 5) is 19.6. The Hall–Kier alpha value is -2.20. The van der Waals surface area contributed by atoms with Gasteiger partial charge in [0.2, 0.25) is 0 Å². The Morgan fingerprint density at radius 3 is 2.38 bits per heavy atom. The first-order valence-corrected chi connectivity index (χ1v) is 9.66. The molecule has 1 aromatic carbocycles. The van der Waals surface area contributed by atoms with Crippen molar-refractivity contribution in [2.75, 3.05) is 25.4 Å². The number of carbonyl (C=O) groups is 1. The molecule has 1 fully saturated rings. The van der Waals surface area contributed by atoms with Gasteiger partial charge in [-0.15, -0.1) is 0 Å². The van der Waals surface area contributed by atoms with Crippen LogP contribution in [0.15, 0.2) is 42.5 Å². The number of aromatic nitrogens is 1. The van der Waals surface area contributed by atoms with E-state index in [1.54, 1.807) is 12.1 Å². The molecule has 0 unspecified atom stereocenters. The fraction of sp³-hybridized carbons (Fsp3) is 0.455. The number of nitrogens with zero attached hydrogens (tertiary/aromatic N) is 2. The molecule has 0 atom stereocenters. The third-order valence-electron chi connectivity index (χ3n) is 4.78. The summed E-state index contributed by atoms with van der Waals surface area (Å²) in [6.07, 6.45) is 2.84. The van der Waals surface area contributed by atoms with E-state index in [1.165, 1.54) is 0 Å². The molecule has 4 nitrogen and oxygen atoms in total. The molecule has 1 aliphatic heterocycles. The molecule has 0 amide bonds. The lowest BCUT2D eigenvalue weighted by molar-refractivity contribution is 0.0841. The second kappa shape index (κ2) is 10.1. The molecule has 4 heteroatoms. The summed E-state index contributed by atoms with van der Waals surface area (Å²) in [5.74, 6) is 0.400. The number of piperidine rings is 1. The zero-order valence-corrected chi connectivity index (χ0v) is 16.2. The second-order valence-electron chi connectivity index (χ2n) is 6.62. The van der Waals surface area contributed by atoms with Gasteiger partial charge in [0.1, 0.15) is 0 Å². The number of hydrogen-bond acceptors (Lipinski definition) is 4. The Balaban J connectivity index is 0.00000117. The maximum atomic E-state index is 12.6. The minimum Gasteiger partial charge on any atom is -0.399 e. The number of hydrogen-bond donors (Lipinski definition) is 1. The number of anilines is 1. The van der Waals surface area contributed by atoms with Crippen LogP contribution in [0.3, 0.4) is 0 Å². The van der Waals surface area contributed by atoms with E-state index < -0.39 is 0 Å². The van der Waals surface area contributed by atoms with Crippen molar-refractivity contribution < 1.29 is 4.79 Å². The van der Waals surface area contributed by atoms with E-state index in [4.69, 9.17) is 5.73 Å². The summed E-state index contributed by atoms with van der Waals surface area (Å²) in [5.41, 5.74) is 9.39. The largest absolute Gasteiger partial charge is 0.399 e. The summed E-state index contributed by atoms with van der Waals surface area (Å²) in [5, 5.41) is 0. The van der Waals surface area contributed by atoms with Crippen LogP contribution in [0.5, 0.6) is 0 Å². The first kappa shape index (κ1) is 20.1. The van der Waals surface area contributed by atoms with Gasteiger partial charge in [0.05, 0.1) is 0 Å². The number of Topliss-reactive ketones (excluding diaryl/α,β-unsaturated/α-hetero) is 1. The van der Waals surface area contributed by atoms with Gasteiger partial charge in [-0.25, -0.2) is 0 Å². The molecule has 0 spiro atoms. The summed E-state index contributed by atoms with van der Waals surface area (Å²) < 4.78 is 0. The van der Waals surface area contributed by atoms with Gasteiger partial charge in [-0.05, 0) is 69.3 Å². The average Bonchev–Trinajstić information content (AvgIpc) is 2.68. The van der Waals surface area contributed by atoms with Crippen molar-refractivity contribution in [2.45, 2.75) is 40.0 Å². The molecule has 1 saturated heterocycles. The number of nitrogens with two attached hydrogens (primary N) is 1. The average molecular weight is 354 g/mol. The van der Waals surface area contributed by atoms with Crippen LogP contribution in [0.1, 0.15) is 48.4 Å². The molecule has 1 aromatic heterocycles. The van der Waals surface area contributed by atoms with Gasteiger partial charge in [-0.3, -0.25) is 9.78 Å². The highest BCUT2D eigenvalue weighted by Crippen LogP contribution is 2.22. The van der Waals surface area contributed by atoms with E-state index in [1.807, 2.05) is 39.0 Å². The van der Waals surface area contributed by atoms with E-state index in [-0.39, 0.29) is 11.7 Å². The highest BCUT2D eigenvalue weighted by Gasteiger charge is 2.25. The lowest BCUT2D eigenvalue weighted by Gasteiger charge is -2.31. The predicted molar refractivity (Wildman–Crippen MR) is 108 cm³/mol. The number of aryl methyl sites for hydroxylation is 1. The molecule has 2 N–H and O–H groups in total. The molecule has 0 radical (unpaired) electrons. The van der Waals surface area contributed by atoms with Gasteiger partial charge in [-0.2, -0.15) is 0 Å². The quantitative estimate of drug-likeness (QED) is 0.648. The maximum Gasteiger partial charge on any atom is 0.166 e. The van der Waals surface area contributed by atoms with Crippen LogP contribution in [-0.2, 0) is 6.42 Å². The summed E-state index contributed by atoms with van der Waals surface area (Å²) in [6, 6.07) is 13.5. The molecule has 0 saturated carbocycles. The fourth-order valence-electron chi connectivity index (χ4n) is 3.31. The summed E-state index contributed by atoms with van der Waals surface area (Å²) in [7, 11) is 0. The topological polar surface area (TPSA) is 59.2 Å². The number of benzene rings is 1. The van der Waals surface area contributed by atoms with Gasteiger partial charge >= 0.3 is 0 Å². The van der Waals surface area contributed by atoms with Gasteiger partial charge in [0.15, 0.2) is 5.78 Å². The monoisotopic (exact) mass is 353 g/mol. The first-order valence-electron chi connectivity index (χ1n) is 9.66. The molecule has 2 heterocycles. The van der Waals surface area contributed by atoms with Crippen molar-refractivity contribution in [3.63, 3.8) is 0 Å². The van der Waals surface area contributed by atoms with Crippen molar-refractivity contribution in [2.24, 2.45) is 5.92 Å². The van der Waals surface area contributed by atoms with E-state index in [0.29, 0.717) is 5.69 Å². The molecular weight excluding hydrogens is 322 g/mol. The third-order valence-corrected chi connectivity index (χ3v) is 4.78. The Morgan fingerprint density at radius 2 is 1.77 bits per heavy atom. The molecule has 1 aliphatic rings. The van der Waals surface area contributed by atoms with Crippen LogP contribution in [0, 0.1) is 12.8 Å². The maximum absolute atomic E-state index is 12.6. The Labute approximate surface area is 157 Å². The Kier molecular flexibility index (Phi) is 7.79. The number of likely N-dealkylation sites (tertiary alicyclic amines) is 1. The zero-order chi connectivity index (χ0) is 18.9. The summed E-state index contributed by atoms with van der Waals surface area (Å²) in [6.45, 7) is 9.01. The smallest absolute Gasteiger partial charge is 0.166 e. The predicted octanol–water partition coefficient (Wildman–Crippen LogP) is 4.14. The van der Waals surface area contributed by atoms with Gasteiger partial charge in [0.25, 0.3) is 0 Å². The van der Waals surface area contributed by atoms with E-state index in [2.05, 4.69) is 22.0 Å². The highest BCUT2D eigenvalue weighted by molar-refractivity contribution is 5.98. The molecule has 0 aliphatic carbocycles. The highest BCUT2D eigenvalue weighted by atomic mass is 16.1. The normalized spacial score (nSPS) is 15.2. The number of ketones is 1. The van der Waals surface area contributed by atoms with Crippen LogP contribution in [0.2, 0.25) is 0 Å². The minimum atomic E-state index is 0.141. The van der Waals surface area contributed by atoms with Crippen molar-refractivity contribution in [1.82, 2.24) is 9.88 Å². The van der Waals surface area contributed by atoms with Crippen LogP contribution in [0.4, 0.5) is 5.69 Å². The van der Waals surface area contributed by atoms with Crippen LogP contribution >= 0.6 is 0 Å². The van der Waals surface area contributed by atoms with Gasteiger partial charge < -0.3 is 10.6 Å². The van der Waals surface area contributed by atoms with Crippen LogP contribution < -0.4 is 5.73 Å². The van der Waals surface area contributed by atoms with Crippen molar-refractivity contribution >= 4 is 11.5 Å². The van der Waals surface area contributed by atoms with E-state index in [9.17, 15) is 4.79 Å². The van der Waals surface area contributed by atoms with Gasteiger partial charge in [-0.1, -0.05) is 19.9 Å². The molecule has 2 aromatic rings. The Morgan fingerprint density at radius 1 is 1.12 bits per heavy atom. The van der Waals surface area contributed by atoms with Crippen LogP contribution in [0.25, 0.3) is 0 Å². The fourth-order valence-corrected chi connectivity index (χ4v) is 3.31. The molecular formula is C22H31N3O. The van der Waals surface area contributed by atoms with Crippen molar-refractivity contribution in [1.29, 1.82) is 0 Å². The van der Waals surface area contributed by atoms with Crippen molar-refractivity contribution in [3.05, 3.63) is 59.4 Å². The lowest BCUT2D eigenvalue weighted by Crippen LogP contribution is -2.37. The SMILES string of the molecule is CC.Cc1cccc(CCN2CCC(C(=O)c3ccc(N)cc3)CC2)n1. The number of pyridine rings is 1. The first-order chi connectivity index (χ1) is 12.6. The third kappa shape index (κ3) is 5.67. The lowest BCUT2D eigenvalue weighted by atomic mass is 9.89. The number of carbonyl (C=O) groups excluding carboxylic acids is 1. The van der Waals surface area contributed by atoms with Crippen LogP contribution in [-0.4, -0.2) is 35.3 Å². The standard InChI is InChI=1S/C20H25N3O.C2H6/c1-15-3-2-4-19(22-15)11-14-23-12-9-17(10-13-23)20(24)16-5-7-18(21)8-6-16;1-2/h2-8,17H,9-14,21H2,1H3;1-2H3. The number of rotatable bonds is 5. The zero-order valence-electron chi connectivity index (χ0n) is 16.2. The molecule has 140 valence electrons. The minimum absolute atomic E-state index is 0.141. The van der Waals surface area contributed by atoms with E-state index >= 15 is 0 Å². The van der Waals surface area contributed by atoms with Crippen molar-refractivity contribution in [3.8, 4) is 0 Å². The summed E-state index contributed by atoms with van der Waals surface area (Å²) >= 11 is 0. The van der Waals surface area contributed by atoms with E-state index in [0.717, 1.165) is 55.8 Å².